The minimum Gasteiger partial charge on any atom is -0.350 e. The van der Waals surface area contributed by atoms with E-state index in [0.717, 1.165) is 12.0 Å². The molecule has 2 bridgehead atoms. The third-order valence-electron chi connectivity index (χ3n) is 6.19. The van der Waals surface area contributed by atoms with Crippen LogP contribution >= 0.6 is 0 Å². The number of rotatable bonds is 4. The first kappa shape index (κ1) is 22.4. The van der Waals surface area contributed by atoms with Crippen LogP contribution in [0.1, 0.15) is 46.4 Å². The van der Waals surface area contributed by atoms with Gasteiger partial charge in [-0.25, -0.2) is 4.98 Å². The predicted octanol–water partition coefficient (Wildman–Crippen LogP) is 5.21. The fourth-order valence-corrected chi connectivity index (χ4v) is 4.76. The standard InChI is InChI=1S/C22H21F6N3O/c1-12-3-2-4-14(7-12)20(32)29-11-17-13-5-6-16(8-13)31(17)19-10-15(21(23,24)25)9-18(30-19)22(26,27)28/h2-4,7,9-10,13,16-17H,5-6,8,11H2,1H3,(H,29,32)/t13-,16+,17+/m0/s1. The fraction of sp³-hybridized carbons (Fsp3) is 0.455. The second-order valence-corrected chi connectivity index (χ2v) is 8.38. The van der Waals surface area contributed by atoms with Gasteiger partial charge in [-0.05, 0) is 56.4 Å². The SMILES string of the molecule is Cc1cccc(C(=O)NC[C@@H]2[C@H]3CC[C@H](C3)N2c2cc(C(F)(F)F)cc(C(F)(F)F)n2)c1. The number of anilines is 1. The molecule has 1 aromatic heterocycles. The third kappa shape index (κ3) is 4.40. The lowest BCUT2D eigenvalue weighted by Crippen LogP contribution is -2.48. The first-order valence-corrected chi connectivity index (χ1v) is 10.2. The molecule has 1 saturated heterocycles. The predicted molar refractivity (Wildman–Crippen MR) is 105 cm³/mol. The Morgan fingerprint density at radius 1 is 1.09 bits per heavy atom. The number of halogens is 6. The van der Waals surface area contributed by atoms with Gasteiger partial charge in [0.2, 0.25) is 0 Å². The summed E-state index contributed by atoms with van der Waals surface area (Å²) >= 11 is 0. The van der Waals surface area contributed by atoms with Gasteiger partial charge in [0.1, 0.15) is 11.5 Å². The zero-order valence-electron chi connectivity index (χ0n) is 17.1. The molecule has 2 fully saturated rings. The molecule has 0 spiro atoms. The van der Waals surface area contributed by atoms with E-state index in [-0.39, 0.29) is 36.3 Å². The van der Waals surface area contributed by atoms with Gasteiger partial charge in [0.25, 0.3) is 5.91 Å². The molecule has 172 valence electrons. The van der Waals surface area contributed by atoms with E-state index in [9.17, 15) is 31.1 Å². The van der Waals surface area contributed by atoms with E-state index in [1.165, 1.54) is 4.90 Å². The summed E-state index contributed by atoms with van der Waals surface area (Å²) in [7, 11) is 0. The third-order valence-corrected chi connectivity index (χ3v) is 6.19. The van der Waals surface area contributed by atoms with Crippen LogP contribution in [0, 0.1) is 12.8 Å². The van der Waals surface area contributed by atoms with Gasteiger partial charge in [-0.1, -0.05) is 17.7 Å². The van der Waals surface area contributed by atoms with E-state index < -0.39 is 29.7 Å². The Kier molecular flexibility index (Phi) is 5.58. The smallest absolute Gasteiger partial charge is 0.350 e. The number of carbonyl (C=O) groups is 1. The van der Waals surface area contributed by atoms with Gasteiger partial charge >= 0.3 is 12.4 Å². The summed E-state index contributed by atoms with van der Waals surface area (Å²) in [4.78, 5) is 17.6. The molecule has 10 heteroatoms. The molecular weight excluding hydrogens is 436 g/mol. The number of nitrogens with zero attached hydrogens (tertiary/aromatic N) is 2. The van der Waals surface area contributed by atoms with Gasteiger partial charge in [0.15, 0.2) is 0 Å². The highest BCUT2D eigenvalue weighted by molar-refractivity contribution is 5.94. The number of hydrogen-bond donors (Lipinski definition) is 1. The van der Waals surface area contributed by atoms with Crippen LogP contribution < -0.4 is 10.2 Å². The summed E-state index contributed by atoms with van der Waals surface area (Å²) in [5.74, 6) is -0.637. The Hall–Kier alpha value is -2.78. The van der Waals surface area contributed by atoms with Crippen molar-refractivity contribution in [2.24, 2.45) is 5.92 Å². The maximum atomic E-state index is 13.3. The molecule has 1 saturated carbocycles. The van der Waals surface area contributed by atoms with Crippen LogP contribution in [0.5, 0.6) is 0 Å². The average Bonchev–Trinajstić information content (AvgIpc) is 3.32. The Labute approximate surface area is 180 Å². The zero-order valence-corrected chi connectivity index (χ0v) is 17.1. The molecule has 0 radical (unpaired) electrons. The van der Waals surface area contributed by atoms with Gasteiger partial charge in [-0.2, -0.15) is 26.3 Å². The van der Waals surface area contributed by atoms with Crippen molar-refractivity contribution < 1.29 is 31.1 Å². The summed E-state index contributed by atoms with van der Waals surface area (Å²) in [5, 5.41) is 2.79. The van der Waals surface area contributed by atoms with Crippen molar-refractivity contribution in [1.29, 1.82) is 0 Å². The number of carbonyl (C=O) groups excluding carboxylic acids is 1. The molecule has 1 aliphatic carbocycles. The number of amides is 1. The van der Waals surface area contributed by atoms with Crippen molar-refractivity contribution in [3.8, 4) is 0 Å². The lowest BCUT2D eigenvalue weighted by atomic mass is 9.98. The molecular formula is C22H21F6N3O. The number of benzene rings is 1. The second kappa shape index (κ2) is 7.97. The molecule has 2 heterocycles. The van der Waals surface area contributed by atoms with Gasteiger partial charge in [-0.15, -0.1) is 0 Å². The van der Waals surface area contributed by atoms with Gasteiger partial charge in [0.05, 0.1) is 11.6 Å². The van der Waals surface area contributed by atoms with Crippen LogP contribution in [-0.4, -0.2) is 29.5 Å². The summed E-state index contributed by atoms with van der Waals surface area (Å²) in [6.07, 6.45) is -7.84. The van der Waals surface area contributed by atoms with Crippen molar-refractivity contribution in [2.75, 3.05) is 11.4 Å². The van der Waals surface area contributed by atoms with Crippen LogP contribution in [-0.2, 0) is 12.4 Å². The van der Waals surface area contributed by atoms with E-state index >= 15 is 0 Å². The number of piperidine rings is 1. The molecule has 4 nitrogen and oxygen atoms in total. The minimum absolute atomic E-state index is 0.0341. The van der Waals surface area contributed by atoms with Crippen molar-refractivity contribution in [2.45, 2.75) is 50.6 Å². The number of alkyl halides is 6. The van der Waals surface area contributed by atoms with Gasteiger partial charge < -0.3 is 10.2 Å². The van der Waals surface area contributed by atoms with Crippen LogP contribution in [0.25, 0.3) is 0 Å². The van der Waals surface area contributed by atoms with E-state index in [0.29, 0.717) is 24.5 Å². The number of aryl methyl sites for hydroxylation is 1. The topological polar surface area (TPSA) is 45.2 Å². The van der Waals surface area contributed by atoms with Crippen LogP contribution in [0.15, 0.2) is 36.4 Å². The van der Waals surface area contributed by atoms with E-state index in [4.69, 9.17) is 0 Å². The lowest BCUT2D eigenvalue weighted by Gasteiger charge is -2.37. The van der Waals surface area contributed by atoms with Crippen molar-refractivity contribution in [1.82, 2.24) is 10.3 Å². The maximum Gasteiger partial charge on any atom is 0.433 e. The summed E-state index contributed by atoms with van der Waals surface area (Å²) in [5.41, 5.74) is -1.63. The van der Waals surface area contributed by atoms with Crippen molar-refractivity contribution in [3.63, 3.8) is 0 Å². The van der Waals surface area contributed by atoms with Gasteiger partial charge in [0, 0.05) is 18.2 Å². The normalized spacial score (nSPS) is 23.0. The summed E-state index contributed by atoms with van der Waals surface area (Å²) < 4.78 is 79.8. The van der Waals surface area contributed by atoms with Crippen molar-refractivity contribution >= 4 is 11.7 Å². The van der Waals surface area contributed by atoms with Crippen LogP contribution in [0.3, 0.4) is 0 Å². The number of nitrogens with one attached hydrogen (secondary N) is 1. The number of hydrogen-bond acceptors (Lipinski definition) is 3. The Bertz CT molecular complexity index is 987. The number of fused-ring (bicyclic) bond motifs is 2. The highest BCUT2D eigenvalue weighted by Gasteiger charge is 2.48. The highest BCUT2D eigenvalue weighted by atomic mass is 19.4. The number of aromatic nitrogens is 1. The number of pyridine rings is 1. The Balaban J connectivity index is 1.62. The monoisotopic (exact) mass is 457 g/mol. The van der Waals surface area contributed by atoms with Crippen molar-refractivity contribution in [3.05, 3.63) is 58.8 Å². The summed E-state index contributed by atoms with van der Waals surface area (Å²) in [6, 6.07) is 6.99. The van der Waals surface area contributed by atoms with Crippen LogP contribution in [0.2, 0.25) is 0 Å². The molecule has 3 atom stereocenters. The molecule has 2 aromatic rings. The van der Waals surface area contributed by atoms with E-state index in [1.54, 1.807) is 18.2 Å². The Morgan fingerprint density at radius 3 is 2.50 bits per heavy atom. The lowest BCUT2D eigenvalue weighted by molar-refractivity contribution is -0.145. The largest absolute Gasteiger partial charge is 0.433 e. The first-order chi connectivity index (χ1) is 14.9. The molecule has 1 N–H and O–H groups in total. The highest BCUT2D eigenvalue weighted by Crippen LogP contribution is 2.46. The molecule has 2 aliphatic rings. The Morgan fingerprint density at radius 2 is 1.84 bits per heavy atom. The van der Waals surface area contributed by atoms with E-state index in [2.05, 4.69) is 10.3 Å². The molecule has 1 aliphatic heterocycles. The molecule has 32 heavy (non-hydrogen) atoms. The second-order valence-electron chi connectivity index (χ2n) is 8.38. The minimum atomic E-state index is -5.01. The van der Waals surface area contributed by atoms with Gasteiger partial charge in [-0.3, -0.25) is 4.79 Å². The quantitative estimate of drug-likeness (QED) is 0.641. The molecule has 1 aromatic carbocycles. The zero-order chi connectivity index (χ0) is 23.3. The average molecular weight is 457 g/mol. The molecule has 1 amide bonds. The first-order valence-electron chi connectivity index (χ1n) is 10.2. The van der Waals surface area contributed by atoms with Crippen LogP contribution in [0.4, 0.5) is 32.2 Å². The molecule has 4 rings (SSSR count). The van der Waals surface area contributed by atoms with E-state index in [1.807, 2.05) is 13.0 Å². The summed E-state index contributed by atoms with van der Waals surface area (Å²) in [6.45, 7) is 1.94. The maximum absolute atomic E-state index is 13.3. The molecule has 0 unspecified atom stereocenters. The fourth-order valence-electron chi connectivity index (χ4n) is 4.76.